The summed E-state index contributed by atoms with van der Waals surface area (Å²) in [5.74, 6) is -0.145. The van der Waals surface area contributed by atoms with Crippen LogP contribution in [0.5, 0.6) is 0 Å². The lowest BCUT2D eigenvalue weighted by atomic mass is 10.1. The first-order chi connectivity index (χ1) is 13.3. The van der Waals surface area contributed by atoms with E-state index in [1.165, 1.54) is 6.08 Å². The van der Waals surface area contributed by atoms with Gasteiger partial charge in [-0.3, -0.25) is 9.52 Å². The van der Waals surface area contributed by atoms with Crippen molar-refractivity contribution >= 4 is 27.6 Å². The number of allylic oxidation sites excluding steroid dienone is 1. The van der Waals surface area contributed by atoms with Gasteiger partial charge in [-0.1, -0.05) is 53.6 Å². The Balaban J connectivity index is 1.69. The molecule has 3 aromatic rings. The van der Waals surface area contributed by atoms with Gasteiger partial charge in [-0.15, -0.1) is 0 Å². The fourth-order valence-electron chi connectivity index (χ4n) is 2.58. The van der Waals surface area contributed by atoms with Crippen molar-refractivity contribution < 1.29 is 13.2 Å². The molecule has 0 aromatic heterocycles. The predicted molar refractivity (Wildman–Crippen MR) is 113 cm³/mol. The summed E-state index contributed by atoms with van der Waals surface area (Å²) >= 11 is 0. The molecule has 0 unspecified atom stereocenters. The maximum atomic E-state index is 12.4. The SMILES string of the molecule is Cc1ccc(/C=C/C(=O)c2ccc(NS(=O)(=O)c3ccc(C)cc3)cc2)cc1. The van der Waals surface area contributed by atoms with Crippen LogP contribution in [0.1, 0.15) is 27.0 Å². The lowest BCUT2D eigenvalue weighted by Crippen LogP contribution is -2.13. The first-order valence-corrected chi connectivity index (χ1v) is 10.3. The molecule has 0 spiro atoms. The summed E-state index contributed by atoms with van der Waals surface area (Å²) in [4.78, 5) is 12.5. The largest absolute Gasteiger partial charge is 0.289 e. The second-order valence-electron chi connectivity index (χ2n) is 6.60. The van der Waals surface area contributed by atoms with E-state index in [4.69, 9.17) is 0 Å². The van der Waals surface area contributed by atoms with E-state index in [0.717, 1.165) is 16.7 Å². The fraction of sp³-hybridized carbons (Fsp3) is 0.0870. The van der Waals surface area contributed by atoms with Crippen LogP contribution in [-0.4, -0.2) is 14.2 Å². The van der Waals surface area contributed by atoms with Crippen LogP contribution in [0.3, 0.4) is 0 Å². The molecule has 0 saturated carbocycles. The molecule has 0 bridgehead atoms. The average Bonchev–Trinajstić information content (AvgIpc) is 2.68. The Labute approximate surface area is 165 Å². The Morgan fingerprint density at radius 3 is 1.89 bits per heavy atom. The second kappa shape index (κ2) is 8.23. The third-order valence-electron chi connectivity index (χ3n) is 4.26. The molecular formula is C23H21NO3S. The van der Waals surface area contributed by atoms with Gasteiger partial charge in [0.25, 0.3) is 10.0 Å². The predicted octanol–water partition coefficient (Wildman–Crippen LogP) is 5.00. The van der Waals surface area contributed by atoms with Crippen LogP contribution < -0.4 is 4.72 Å². The highest BCUT2D eigenvalue weighted by molar-refractivity contribution is 7.92. The summed E-state index contributed by atoms with van der Waals surface area (Å²) in [6.07, 6.45) is 3.27. The van der Waals surface area contributed by atoms with Crippen molar-refractivity contribution in [2.75, 3.05) is 4.72 Å². The quantitative estimate of drug-likeness (QED) is 0.475. The molecule has 3 rings (SSSR count). The van der Waals surface area contributed by atoms with Crippen molar-refractivity contribution in [1.82, 2.24) is 0 Å². The monoisotopic (exact) mass is 391 g/mol. The molecular weight excluding hydrogens is 370 g/mol. The minimum atomic E-state index is -3.66. The highest BCUT2D eigenvalue weighted by atomic mass is 32.2. The number of carbonyl (C=O) groups excluding carboxylic acids is 1. The number of sulfonamides is 1. The Kier molecular flexibility index (Phi) is 5.76. The van der Waals surface area contributed by atoms with Gasteiger partial charge < -0.3 is 0 Å². The summed E-state index contributed by atoms with van der Waals surface area (Å²) in [6.45, 7) is 3.90. The number of rotatable bonds is 6. The van der Waals surface area contributed by atoms with Crippen LogP contribution in [0.4, 0.5) is 5.69 Å². The lowest BCUT2D eigenvalue weighted by molar-refractivity contribution is 0.104. The van der Waals surface area contributed by atoms with Crippen molar-refractivity contribution in [3.05, 3.63) is 101 Å². The van der Waals surface area contributed by atoms with Gasteiger partial charge in [-0.05, 0) is 61.9 Å². The number of anilines is 1. The molecule has 0 aliphatic rings. The Morgan fingerprint density at radius 1 is 0.786 bits per heavy atom. The van der Waals surface area contributed by atoms with Gasteiger partial charge in [-0.25, -0.2) is 8.42 Å². The summed E-state index contributed by atoms with van der Waals surface area (Å²) in [7, 11) is -3.66. The molecule has 5 heteroatoms. The maximum absolute atomic E-state index is 12.4. The van der Waals surface area contributed by atoms with Gasteiger partial charge in [0.05, 0.1) is 4.90 Å². The molecule has 3 aromatic carbocycles. The Bertz CT molecular complexity index is 1100. The molecule has 0 aliphatic carbocycles. The Morgan fingerprint density at radius 2 is 1.32 bits per heavy atom. The average molecular weight is 391 g/mol. The number of hydrogen-bond donors (Lipinski definition) is 1. The van der Waals surface area contributed by atoms with E-state index < -0.39 is 10.0 Å². The molecule has 0 heterocycles. The smallest absolute Gasteiger partial charge is 0.261 e. The van der Waals surface area contributed by atoms with Gasteiger partial charge in [0.1, 0.15) is 0 Å². The van der Waals surface area contributed by atoms with Crippen molar-refractivity contribution in [2.45, 2.75) is 18.7 Å². The molecule has 142 valence electrons. The summed E-state index contributed by atoms with van der Waals surface area (Å²) in [5, 5.41) is 0. The Hall–Kier alpha value is -3.18. The number of hydrogen-bond acceptors (Lipinski definition) is 3. The van der Waals surface area contributed by atoms with Crippen molar-refractivity contribution in [3.8, 4) is 0 Å². The van der Waals surface area contributed by atoms with Crippen LogP contribution >= 0.6 is 0 Å². The van der Waals surface area contributed by atoms with E-state index >= 15 is 0 Å². The first-order valence-electron chi connectivity index (χ1n) is 8.82. The number of aryl methyl sites for hydroxylation is 2. The molecule has 0 aliphatic heterocycles. The number of nitrogens with one attached hydrogen (secondary N) is 1. The standard InChI is InChI=1S/C23H21NO3S/c1-17-3-7-19(8-4-17)9-16-23(25)20-10-12-21(13-11-20)24-28(26,27)22-14-5-18(2)6-15-22/h3-16,24H,1-2H3/b16-9+. The molecule has 0 fully saturated rings. The lowest BCUT2D eigenvalue weighted by Gasteiger charge is -2.08. The zero-order valence-corrected chi connectivity index (χ0v) is 16.5. The number of benzene rings is 3. The minimum Gasteiger partial charge on any atom is -0.289 e. The van der Waals surface area contributed by atoms with Gasteiger partial charge in [0.15, 0.2) is 5.78 Å². The molecule has 28 heavy (non-hydrogen) atoms. The van der Waals surface area contributed by atoms with Gasteiger partial charge >= 0.3 is 0 Å². The van der Waals surface area contributed by atoms with E-state index in [9.17, 15) is 13.2 Å². The zero-order chi connectivity index (χ0) is 20.1. The molecule has 0 saturated heterocycles. The van der Waals surface area contributed by atoms with Crippen LogP contribution in [0, 0.1) is 13.8 Å². The van der Waals surface area contributed by atoms with Gasteiger partial charge in [-0.2, -0.15) is 0 Å². The van der Waals surface area contributed by atoms with Crippen LogP contribution in [0.25, 0.3) is 6.08 Å². The first kappa shape index (κ1) is 19.6. The van der Waals surface area contributed by atoms with Crippen LogP contribution in [0.15, 0.2) is 83.8 Å². The molecule has 0 radical (unpaired) electrons. The molecule has 1 N–H and O–H groups in total. The summed E-state index contributed by atoms with van der Waals surface area (Å²) < 4.78 is 27.4. The van der Waals surface area contributed by atoms with E-state index in [0.29, 0.717) is 11.3 Å². The van der Waals surface area contributed by atoms with Crippen molar-refractivity contribution in [3.63, 3.8) is 0 Å². The summed E-state index contributed by atoms with van der Waals surface area (Å²) in [6, 6.07) is 20.9. The van der Waals surface area contributed by atoms with Crippen LogP contribution in [0.2, 0.25) is 0 Å². The minimum absolute atomic E-state index is 0.145. The van der Waals surface area contributed by atoms with Crippen molar-refractivity contribution in [2.24, 2.45) is 0 Å². The van der Waals surface area contributed by atoms with Gasteiger partial charge in [0.2, 0.25) is 0 Å². The third kappa shape index (κ3) is 4.96. The second-order valence-corrected chi connectivity index (χ2v) is 8.29. The third-order valence-corrected chi connectivity index (χ3v) is 5.65. The normalized spacial score (nSPS) is 11.5. The van der Waals surface area contributed by atoms with Crippen molar-refractivity contribution in [1.29, 1.82) is 0 Å². The number of carbonyl (C=O) groups is 1. The molecule has 4 nitrogen and oxygen atoms in total. The van der Waals surface area contributed by atoms with E-state index in [1.54, 1.807) is 54.6 Å². The van der Waals surface area contributed by atoms with E-state index in [1.807, 2.05) is 38.1 Å². The highest BCUT2D eigenvalue weighted by Gasteiger charge is 2.14. The zero-order valence-electron chi connectivity index (χ0n) is 15.7. The molecule has 0 amide bonds. The van der Waals surface area contributed by atoms with Crippen LogP contribution in [-0.2, 0) is 10.0 Å². The topological polar surface area (TPSA) is 63.2 Å². The van der Waals surface area contributed by atoms with E-state index in [-0.39, 0.29) is 10.7 Å². The number of ketones is 1. The van der Waals surface area contributed by atoms with Gasteiger partial charge in [0, 0.05) is 11.3 Å². The van der Waals surface area contributed by atoms with E-state index in [2.05, 4.69) is 4.72 Å². The maximum Gasteiger partial charge on any atom is 0.261 e. The summed E-state index contributed by atoms with van der Waals surface area (Å²) in [5.41, 5.74) is 3.98. The molecule has 0 atom stereocenters. The fourth-order valence-corrected chi connectivity index (χ4v) is 3.64. The highest BCUT2D eigenvalue weighted by Crippen LogP contribution is 2.18.